The standard InChI is InChI=1S/C36H46N2O5/c1-4-42-33-21-19-28(25-34(33)43-5-2)20-22-35(39)38(26-29-15-12-18-31(23-29)41-3)32(24-27-13-8-6-9-14-27)36(40)37-30-16-10-7-11-17-30/h6,8-9,12-15,18-19,21,23,25,30,32H,4-5,7,10-11,16-17,20,22,24,26H2,1-3H3,(H,37,40)/t32-/m1/s1. The minimum atomic E-state index is -0.651. The molecule has 1 atom stereocenters. The van der Waals surface area contributed by atoms with Gasteiger partial charge in [0.15, 0.2) is 11.5 Å². The topological polar surface area (TPSA) is 77.1 Å². The van der Waals surface area contributed by atoms with Crippen LogP contribution in [0.3, 0.4) is 0 Å². The lowest BCUT2D eigenvalue weighted by atomic mass is 9.94. The zero-order valence-electron chi connectivity index (χ0n) is 25.8. The maximum Gasteiger partial charge on any atom is 0.243 e. The quantitative estimate of drug-likeness (QED) is 0.220. The average molecular weight is 587 g/mol. The Kier molecular flexibility index (Phi) is 12.3. The largest absolute Gasteiger partial charge is 0.497 e. The second-order valence-electron chi connectivity index (χ2n) is 11.1. The van der Waals surface area contributed by atoms with E-state index in [0.717, 1.165) is 42.4 Å². The van der Waals surface area contributed by atoms with Crippen molar-refractivity contribution in [3.63, 3.8) is 0 Å². The molecule has 1 aliphatic carbocycles. The third-order valence-corrected chi connectivity index (χ3v) is 7.95. The number of carbonyl (C=O) groups excluding carboxylic acids is 2. The van der Waals surface area contributed by atoms with Crippen molar-refractivity contribution in [1.29, 1.82) is 0 Å². The first-order chi connectivity index (χ1) is 21.0. The minimum Gasteiger partial charge on any atom is -0.497 e. The summed E-state index contributed by atoms with van der Waals surface area (Å²) in [6.07, 6.45) is 6.61. The molecule has 7 nitrogen and oxygen atoms in total. The summed E-state index contributed by atoms with van der Waals surface area (Å²) in [4.78, 5) is 29.9. The first-order valence-corrected chi connectivity index (χ1v) is 15.7. The Morgan fingerprint density at radius 2 is 1.56 bits per heavy atom. The summed E-state index contributed by atoms with van der Waals surface area (Å²) in [6, 6.07) is 23.0. The number of rotatable bonds is 15. The predicted octanol–water partition coefficient (Wildman–Crippen LogP) is 6.51. The SMILES string of the molecule is CCOc1ccc(CCC(=O)N(Cc2cccc(OC)c2)[C@H](Cc2ccccc2)C(=O)NC2CCCCC2)cc1OCC. The van der Waals surface area contributed by atoms with Crippen molar-refractivity contribution >= 4 is 11.8 Å². The Morgan fingerprint density at radius 3 is 2.28 bits per heavy atom. The van der Waals surface area contributed by atoms with E-state index >= 15 is 0 Å². The lowest BCUT2D eigenvalue weighted by Gasteiger charge is -2.33. The van der Waals surface area contributed by atoms with Crippen molar-refractivity contribution in [3.8, 4) is 17.2 Å². The molecule has 0 aromatic heterocycles. The Bertz CT molecular complexity index is 1310. The lowest BCUT2D eigenvalue weighted by Crippen LogP contribution is -2.52. The van der Waals surface area contributed by atoms with Crippen molar-refractivity contribution in [3.05, 3.63) is 89.5 Å². The van der Waals surface area contributed by atoms with E-state index in [-0.39, 0.29) is 24.3 Å². The molecule has 43 heavy (non-hydrogen) atoms. The van der Waals surface area contributed by atoms with Gasteiger partial charge in [0.25, 0.3) is 0 Å². The highest BCUT2D eigenvalue weighted by Crippen LogP contribution is 2.29. The molecule has 3 aromatic rings. The van der Waals surface area contributed by atoms with Crippen molar-refractivity contribution in [2.45, 2.75) is 83.8 Å². The first-order valence-electron chi connectivity index (χ1n) is 15.7. The number of ether oxygens (including phenoxy) is 3. The van der Waals surface area contributed by atoms with Crippen LogP contribution in [-0.2, 0) is 29.0 Å². The van der Waals surface area contributed by atoms with Crippen LogP contribution in [0.2, 0.25) is 0 Å². The van der Waals surface area contributed by atoms with E-state index in [4.69, 9.17) is 14.2 Å². The molecule has 0 saturated heterocycles. The number of benzene rings is 3. The summed E-state index contributed by atoms with van der Waals surface area (Å²) >= 11 is 0. The van der Waals surface area contributed by atoms with Crippen molar-refractivity contribution in [2.24, 2.45) is 0 Å². The molecule has 7 heteroatoms. The number of nitrogens with one attached hydrogen (secondary N) is 1. The number of nitrogens with zero attached hydrogens (tertiary/aromatic N) is 1. The Labute approximate surface area is 256 Å². The minimum absolute atomic E-state index is 0.0746. The van der Waals surface area contributed by atoms with Gasteiger partial charge in [-0.3, -0.25) is 9.59 Å². The van der Waals surface area contributed by atoms with Crippen LogP contribution in [0.4, 0.5) is 0 Å². The summed E-state index contributed by atoms with van der Waals surface area (Å²) in [5.41, 5.74) is 2.91. The van der Waals surface area contributed by atoms with Gasteiger partial charge in [0.05, 0.1) is 20.3 Å². The van der Waals surface area contributed by atoms with Gasteiger partial charge in [-0.1, -0.05) is 67.8 Å². The van der Waals surface area contributed by atoms with Crippen LogP contribution in [0.25, 0.3) is 0 Å². The van der Waals surface area contributed by atoms with Gasteiger partial charge in [-0.15, -0.1) is 0 Å². The van der Waals surface area contributed by atoms with Gasteiger partial charge < -0.3 is 24.4 Å². The van der Waals surface area contributed by atoms with Gasteiger partial charge in [-0.2, -0.15) is 0 Å². The highest BCUT2D eigenvalue weighted by molar-refractivity contribution is 5.88. The van der Waals surface area contributed by atoms with E-state index in [9.17, 15) is 9.59 Å². The Hall–Kier alpha value is -4.00. The average Bonchev–Trinajstić information content (AvgIpc) is 3.04. The van der Waals surface area contributed by atoms with E-state index < -0.39 is 6.04 Å². The predicted molar refractivity (Wildman–Crippen MR) is 170 cm³/mol. The van der Waals surface area contributed by atoms with Gasteiger partial charge >= 0.3 is 0 Å². The zero-order valence-corrected chi connectivity index (χ0v) is 25.8. The van der Waals surface area contributed by atoms with Crippen LogP contribution in [-0.4, -0.2) is 49.1 Å². The molecule has 0 radical (unpaired) electrons. The molecule has 230 valence electrons. The zero-order chi connectivity index (χ0) is 30.4. The molecule has 1 saturated carbocycles. The fraction of sp³-hybridized carbons (Fsp3) is 0.444. The van der Waals surface area contributed by atoms with Crippen LogP contribution >= 0.6 is 0 Å². The van der Waals surface area contributed by atoms with Gasteiger partial charge in [0.1, 0.15) is 11.8 Å². The number of hydrogen-bond donors (Lipinski definition) is 1. The van der Waals surface area contributed by atoms with Gasteiger partial charge in [0, 0.05) is 25.4 Å². The molecule has 0 bridgehead atoms. The summed E-state index contributed by atoms with van der Waals surface area (Å²) in [5.74, 6) is 1.92. The van der Waals surface area contributed by atoms with E-state index in [0.29, 0.717) is 49.8 Å². The van der Waals surface area contributed by atoms with Crippen LogP contribution in [0.1, 0.15) is 69.1 Å². The molecule has 4 rings (SSSR count). The third kappa shape index (κ3) is 9.50. The van der Waals surface area contributed by atoms with Crippen molar-refractivity contribution in [1.82, 2.24) is 10.2 Å². The number of amides is 2. The highest BCUT2D eigenvalue weighted by atomic mass is 16.5. The second kappa shape index (κ2) is 16.6. The summed E-state index contributed by atoms with van der Waals surface area (Å²) in [7, 11) is 1.63. The van der Waals surface area contributed by atoms with Gasteiger partial charge in [-0.05, 0) is 74.1 Å². The number of methoxy groups -OCH3 is 1. The van der Waals surface area contributed by atoms with Gasteiger partial charge in [-0.25, -0.2) is 0 Å². The molecule has 2 amide bonds. The molecule has 1 N–H and O–H groups in total. The summed E-state index contributed by atoms with van der Waals surface area (Å²) < 4.78 is 17.0. The molecule has 1 aliphatic rings. The van der Waals surface area contributed by atoms with Crippen molar-refractivity contribution in [2.75, 3.05) is 20.3 Å². The molecule has 0 unspecified atom stereocenters. The smallest absolute Gasteiger partial charge is 0.243 e. The van der Waals surface area contributed by atoms with Gasteiger partial charge in [0.2, 0.25) is 11.8 Å². The molecule has 0 aliphatic heterocycles. The van der Waals surface area contributed by atoms with E-state index in [1.807, 2.05) is 86.6 Å². The summed E-state index contributed by atoms with van der Waals surface area (Å²) in [6.45, 7) is 5.25. The third-order valence-electron chi connectivity index (χ3n) is 7.95. The number of aryl methyl sites for hydroxylation is 1. The Morgan fingerprint density at radius 1 is 0.837 bits per heavy atom. The van der Waals surface area contributed by atoms with E-state index in [1.54, 1.807) is 12.0 Å². The van der Waals surface area contributed by atoms with E-state index in [2.05, 4.69) is 5.32 Å². The summed E-state index contributed by atoms with van der Waals surface area (Å²) in [5, 5.41) is 3.31. The molecular formula is C36H46N2O5. The Balaban J connectivity index is 1.61. The maximum absolute atomic E-state index is 14.1. The molecular weight excluding hydrogens is 540 g/mol. The van der Waals surface area contributed by atoms with Crippen LogP contribution < -0.4 is 19.5 Å². The fourth-order valence-corrected chi connectivity index (χ4v) is 5.71. The first kappa shape index (κ1) is 31.9. The molecule has 0 spiro atoms. The fourth-order valence-electron chi connectivity index (χ4n) is 5.71. The number of hydrogen-bond acceptors (Lipinski definition) is 5. The number of carbonyl (C=O) groups is 2. The van der Waals surface area contributed by atoms with Crippen LogP contribution in [0.15, 0.2) is 72.8 Å². The van der Waals surface area contributed by atoms with Crippen LogP contribution in [0.5, 0.6) is 17.2 Å². The van der Waals surface area contributed by atoms with Crippen molar-refractivity contribution < 1.29 is 23.8 Å². The maximum atomic E-state index is 14.1. The molecule has 3 aromatic carbocycles. The van der Waals surface area contributed by atoms with E-state index in [1.165, 1.54) is 6.42 Å². The highest BCUT2D eigenvalue weighted by Gasteiger charge is 2.32. The molecule has 0 heterocycles. The second-order valence-corrected chi connectivity index (χ2v) is 11.1. The molecule has 1 fully saturated rings. The monoisotopic (exact) mass is 586 g/mol. The lowest BCUT2D eigenvalue weighted by molar-refractivity contribution is -0.141. The normalized spacial score (nSPS) is 14.0. The van der Waals surface area contributed by atoms with Crippen LogP contribution in [0, 0.1) is 0 Å².